The van der Waals surface area contributed by atoms with Gasteiger partial charge in [0.15, 0.2) is 5.65 Å². The molecule has 4 N–H and O–H groups in total. The molecule has 1 fully saturated rings. The van der Waals surface area contributed by atoms with Gasteiger partial charge in [-0.05, 0) is 59.3 Å². The van der Waals surface area contributed by atoms with Gasteiger partial charge in [0, 0.05) is 36.0 Å². The summed E-state index contributed by atoms with van der Waals surface area (Å²) in [6.45, 7) is 0.510. The van der Waals surface area contributed by atoms with E-state index in [0.717, 1.165) is 35.2 Å². The molecular weight excluding hydrogens is 491 g/mol. The lowest BCUT2D eigenvalue weighted by Gasteiger charge is -2.26. The highest BCUT2D eigenvalue weighted by molar-refractivity contribution is 9.10. The number of allylic oxidation sites excluding steroid dienone is 2. The monoisotopic (exact) mass is 512 g/mol. The molecule has 0 aromatic carbocycles. The minimum Gasteiger partial charge on any atom is -0.481 e. The number of carbonyl (C=O) groups is 1. The van der Waals surface area contributed by atoms with Gasteiger partial charge in [0.2, 0.25) is 0 Å². The molecule has 1 aliphatic carbocycles. The number of halogens is 2. The zero-order valence-corrected chi connectivity index (χ0v) is 19.2. The average molecular weight is 513 g/mol. The zero-order valence-electron chi connectivity index (χ0n) is 17.6. The Morgan fingerprint density at radius 1 is 1.24 bits per heavy atom. The summed E-state index contributed by atoms with van der Waals surface area (Å²) in [5.74, 6) is -0.788. The number of hydrogen-bond acceptors (Lipinski definition) is 6. The third kappa shape index (κ3) is 3.99. The number of aliphatic carboxylic acids is 1. The van der Waals surface area contributed by atoms with E-state index in [9.17, 15) is 14.3 Å². The van der Waals surface area contributed by atoms with Gasteiger partial charge in [0.1, 0.15) is 11.6 Å². The highest BCUT2D eigenvalue weighted by Gasteiger charge is 2.30. The molecule has 0 bridgehead atoms. The molecule has 8 nitrogen and oxygen atoms in total. The minimum atomic E-state index is -0.733. The van der Waals surface area contributed by atoms with Crippen molar-refractivity contribution in [1.29, 1.82) is 0 Å². The van der Waals surface area contributed by atoms with Crippen LogP contribution in [0, 0.1) is 5.92 Å². The largest absolute Gasteiger partial charge is 0.481 e. The van der Waals surface area contributed by atoms with Crippen molar-refractivity contribution in [1.82, 2.24) is 24.9 Å². The van der Waals surface area contributed by atoms with Gasteiger partial charge in [-0.1, -0.05) is 6.07 Å². The van der Waals surface area contributed by atoms with Crippen molar-refractivity contribution in [2.45, 2.75) is 31.6 Å². The van der Waals surface area contributed by atoms with E-state index in [0.29, 0.717) is 41.0 Å². The normalized spacial score (nSPS) is 20.8. The number of carboxylic acid groups (broad SMARTS) is 1. The second-order valence-corrected chi connectivity index (χ2v) is 9.18. The van der Waals surface area contributed by atoms with Crippen molar-refractivity contribution in [3.05, 3.63) is 58.5 Å². The van der Waals surface area contributed by atoms with Gasteiger partial charge in [-0.15, -0.1) is 0 Å². The Bertz CT molecular complexity index is 1290. The summed E-state index contributed by atoms with van der Waals surface area (Å²) in [5, 5.41) is 16.6. The predicted molar refractivity (Wildman–Crippen MR) is 126 cm³/mol. The summed E-state index contributed by atoms with van der Waals surface area (Å²) in [4.78, 5) is 20.7. The van der Waals surface area contributed by atoms with Crippen LogP contribution in [0.5, 0.6) is 0 Å². The highest BCUT2D eigenvalue weighted by Crippen LogP contribution is 2.40. The number of aromatic nitrogens is 4. The first kappa shape index (κ1) is 21.6. The maximum absolute atomic E-state index is 13.5. The van der Waals surface area contributed by atoms with Gasteiger partial charge in [-0.2, -0.15) is 9.61 Å². The van der Waals surface area contributed by atoms with E-state index >= 15 is 0 Å². The number of nitrogens with two attached hydrogens (primary N) is 1. The third-order valence-electron chi connectivity index (χ3n) is 6.36. The molecule has 3 aromatic heterocycles. The molecule has 10 heteroatoms. The van der Waals surface area contributed by atoms with Crippen molar-refractivity contribution in [3.63, 3.8) is 0 Å². The van der Waals surface area contributed by atoms with E-state index in [4.69, 9.17) is 10.7 Å². The van der Waals surface area contributed by atoms with E-state index < -0.39 is 5.97 Å². The number of nitrogen functional groups attached to an aromatic ring is 1. The number of dihydropyridines is 1. The van der Waals surface area contributed by atoms with Gasteiger partial charge in [0.25, 0.3) is 0 Å². The average Bonchev–Trinajstić information content (AvgIpc) is 3.26. The standard InChI is InChI=1S/C23H22BrFN6O2/c24-19-20(12-1-3-13(4-2-12)23(32)33)30-22-17(11-29-31(22)21(19)26)14-5-6-18(28-9-14)15-7-16(25)10-27-8-15/h5-7,9-13,27H,1-4,8,26H2,(H,32,33)/t12-,13+. The van der Waals surface area contributed by atoms with Gasteiger partial charge < -0.3 is 16.2 Å². The number of nitrogens with one attached hydrogen (secondary N) is 1. The molecule has 1 saturated carbocycles. The van der Waals surface area contributed by atoms with E-state index in [2.05, 4.69) is 31.3 Å². The van der Waals surface area contributed by atoms with Crippen LogP contribution < -0.4 is 11.1 Å². The number of nitrogens with zero attached hydrogens (tertiary/aromatic N) is 4. The first-order valence-corrected chi connectivity index (χ1v) is 11.5. The summed E-state index contributed by atoms with van der Waals surface area (Å²) < 4.78 is 15.8. The quantitative estimate of drug-likeness (QED) is 0.476. The Hall–Kier alpha value is -3.27. The van der Waals surface area contributed by atoms with E-state index in [-0.39, 0.29) is 17.7 Å². The molecule has 0 spiro atoms. The zero-order chi connectivity index (χ0) is 23.1. The molecule has 170 valence electrons. The number of anilines is 1. The second-order valence-electron chi connectivity index (χ2n) is 8.39. The summed E-state index contributed by atoms with van der Waals surface area (Å²) >= 11 is 3.58. The lowest BCUT2D eigenvalue weighted by molar-refractivity contribution is -0.142. The van der Waals surface area contributed by atoms with E-state index in [1.54, 1.807) is 16.9 Å². The molecule has 0 saturated heterocycles. The summed E-state index contributed by atoms with van der Waals surface area (Å²) in [6, 6.07) is 3.76. The molecule has 33 heavy (non-hydrogen) atoms. The maximum atomic E-state index is 13.5. The molecule has 0 unspecified atom stereocenters. The van der Waals surface area contributed by atoms with Gasteiger partial charge in [-0.25, -0.2) is 9.37 Å². The molecule has 3 aromatic rings. The lowest BCUT2D eigenvalue weighted by Crippen LogP contribution is -2.21. The van der Waals surface area contributed by atoms with Crippen molar-refractivity contribution < 1.29 is 14.3 Å². The van der Waals surface area contributed by atoms with Crippen molar-refractivity contribution >= 4 is 38.9 Å². The molecule has 0 radical (unpaired) electrons. The fourth-order valence-corrected chi connectivity index (χ4v) is 5.11. The number of fused-ring (bicyclic) bond motifs is 1. The van der Waals surface area contributed by atoms with Crippen LogP contribution >= 0.6 is 15.9 Å². The van der Waals surface area contributed by atoms with Crippen LogP contribution in [-0.4, -0.2) is 37.2 Å². The van der Waals surface area contributed by atoms with Gasteiger partial charge in [-0.3, -0.25) is 9.78 Å². The smallest absolute Gasteiger partial charge is 0.306 e. The predicted octanol–water partition coefficient (Wildman–Crippen LogP) is 4.29. The molecule has 2 aliphatic rings. The van der Waals surface area contributed by atoms with Gasteiger partial charge >= 0.3 is 5.97 Å². The Balaban J connectivity index is 1.49. The Kier molecular flexibility index (Phi) is 5.61. The minimum absolute atomic E-state index is 0.124. The number of rotatable bonds is 4. The molecule has 4 heterocycles. The molecular formula is C23H22BrFN6O2. The first-order valence-electron chi connectivity index (χ1n) is 10.7. The van der Waals surface area contributed by atoms with Crippen LogP contribution in [-0.2, 0) is 4.79 Å². The second kappa shape index (κ2) is 8.58. The fourth-order valence-electron chi connectivity index (χ4n) is 4.53. The molecule has 0 atom stereocenters. The van der Waals surface area contributed by atoms with Crippen LogP contribution in [0.2, 0.25) is 0 Å². The van der Waals surface area contributed by atoms with Crippen molar-refractivity contribution in [2.24, 2.45) is 5.92 Å². The summed E-state index contributed by atoms with van der Waals surface area (Å²) in [6.07, 6.45) is 8.96. The first-order chi connectivity index (χ1) is 15.9. The summed E-state index contributed by atoms with van der Waals surface area (Å²) in [7, 11) is 0. The van der Waals surface area contributed by atoms with Crippen LogP contribution in [0.25, 0.3) is 22.3 Å². The van der Waals surface area contributed by atoms with Crippen LogP contribution in [0.4, 0.5) is 10.2 Å². The Morgan fingerprint density at radius 3 is 2.70 bits per heavy atom. The van der Waals surface area contributed by atoms with E-state index in [1.165, 1.54) is 12.3 Å². The van der Waals surface area contributed by atoms with E-state index in [1.807, 2.05) is 12.1 Å². The Morgan fingerprint density at radius 2 is 2.03 bits per heavy atom. The highest BCUT2D eigenvalue weighted by atomic mass is 79.9. The fraction of sp³-hybridized carbons (Fsp3) is 0.304. The topological polar surface area (TPSA) is 118 Å². The maximum Gasteiger partial charge on any atom is 0.306 e. The van der Waals surface area contributed by atoms with Crippen molar-refractivity contribution in [3.8, 4) is 11.1 Å². The van der Waals surface area contributed by atoms with Crippen LogP contribution in [0.3, 0.4) is 0 Å². The summed E-state index contributed by atoms with van der Waals surface area (Å²) in [5.41, 5.74) is 10.9. The molecule has 1 aliphatic heterocycles. The number of carboxylic acids is 1. The number of pyridine rings is 1. The SMILES string of the molecule is Nc1c(Br)c([C@H]2CC[C@@H](C(=O)O)CC2)nc2c(-c3ccc(C4=CC(F)=CNC4)nc3)cnn12. The number of hydrogen-bond donors (Lipinski definition) is 3. The third-order valence-corrected chi connectivity index (χ3v) is 7.17. The lowest BCUT2D eigenvalue weighted by atomic mass is 9.80. The van der Waals surface area contributed by atoms with Crippen LogP contribution in [0.15, 0.2) is 47.1 Å². The molecule has 5 rings (SSSR count). The molecule has 0 amide bonds. The van der Waals surface area contributed by atoms with Gasteiger partial charge in [0.05, 0.1) is 28.0 Å². The van der Waals surface area contributed by atoms with Crippen LogP contribution in [0.1, 0.15) is 43.0 Å². The Labute approximate surface area is 197 Å². The van der Waals surface area contributed by atoms with Crippen molar-refractivity contribution in [2.75, 3.05) is 12.3 Å².